The first-order chi connectivity index (χ1) is 16.1. The first kappa shape index (κ1) is 24.6. The molecule has 0 aromatic heterocycles. The van der Waals surface area contributed by atoms with Crippen LogP contribution < -0.4 is 11.1 Å². The number of carbonyl (C=O) groups is 3. The number of nitrogens with one attached hydrogen (secondary N) is 2. The normalized spacial score (nSPS) is 32.3. The Labute approximate surface area is 201 Å². The third-order valence-electron chi connectivity index (χ3n) is 7.08. The number of aliphatic hydroxyl groups excluding tert-OH is 1. The average molecular weight is 497 g/mol. The van der Waals surface area contributed by atoms with E-state index in [1.165, 1.54) is 16.7 Å². The molecule has 3 fully saturated rings. The molecular weight excluding hydrogens is 464 g/mol. The molecule has 0 aromatic rings. The Bertz CT molecular complexity index is 912. The van der Waals surface area contributed by atoms with Gasteiger partial charge in [-0.25, -0.2) is 4.79 Å². The predicted octanol–water partition coefficient (Wildman–Crippen LogP) is -0.401. The number of thioether (sulfide) groups is 1. The van der Waals surface area contributed by atoms with Crippen molar-refractivity contribution in [1.29, 1.82) is 5.41 Å². The highest BCUT2D eigenvalue weighted by atomic mass is 32.2. The number of nitrogens with zero attached hydrogens (tertiary/aromatic N) is 3. The molecule has 0 aromatic carbocycles. The molecule has 0 saturated carbocycles. The standard InChI is InChI=1S/C21H32N6O6S/c1-10-15-14(11(2)28)18(30)27(15)19(33-21(31)32)16(10)34-12-8-13(24-9-12)17(29)25-4-3-5-26(7-6-25)20(22)23/h10-15,24,28H,3-9H2,1-2H3,(H3,22,23)(H,31,32)/t10?,11?,12?,13?,14?,15-/m0/s1. The molecule has 6 N–H and O–H groups in total. The molecule has 188 valence electrons. The van der Waals surface area contributed by atoms with Crippen LogP contribution in [0.2, 0.25) is 0 Å². The zero-order valence-corrected chi connectivity index (χ0v) is 20.1. The number of hydrogen-bond donors (Lipinski definition) is 5. The van der Waals surface area contributed by atoms with E-state index in [2.05, 4.69) is 5.32 Å². The maximum Gasteiger partial charge on any atom is 0.512 e. The first-order valence-corrected chi connectivity index (χ1v) is 12.4. The molecule has 4 heterocycles. The van der Waals surface area contributed by atoms with Gasteiger partial charge in [0.25, 0.3) is 0 Å². The maximum absolute atomic E-state index is 13.1. The quantitative estimate of drug-likeness (QED) is 0.146. The van der Waals surface area contributed by atoms with Crippen LogP contribution in [0, 0.1) is 17.2 Å². The van der Waals surface area contributed by atoms with Crippen molar-refractivity contribution < 1.29 is 29.3 Å². The lowest BCUT2D eigenvalue weighted by molar-refractivity contribution is -0.163. The van der Waals surface area contributed by atoms with Crippen LogP contribution >= 0.6 is 11.8 Å². The average Bonchev–Trinajstić information content (AvgIpc) is 3.18. The highest BCUT2D eigenvalue weighted by Gasteiger charge is 2.60. The van der Waals surface area contributed by atoms with Gasteiger partial charge in [-0.05, 0) is 19.8 Å². The summed E-state index contributed by atoms with van der Waals surface area (Å²) in [6, 6.07) is -0.691. The summed E-state index contributed by atoms with van der Waals surface area (Å²) >= 11 is 1.44. The SMILES string of the molecule is CC(O)C1C(=O)N2C(OC(=O)O)=C(SC3CNC(C(=O)N4CCCN(C(=N)N)CC4)C3)C(C)[C@@H]12. The molecule has 0 radical (unpaired) electrons. The summed E-state index contributed by atoms with van der Waals surface area (Å²) in [6.45, 7) is 6.32. The van der Waals surface area contributed by atoms with Crippen LogP contribution in [0.25, 0.3) is 0 Å². The van der Waals surface area contributed by atoms with E-state index in [0.29, 0.717) is 44.0 Å². The predicted molar refractivity (Wildman–Crippen MR) is 124 cm³/mol. The van der Waals surface area contributed by atoms with E-state index in [4.69, 9.17) is 15.9 Å². The molecule has 4 rings (SSSR count). The Morgan fingerprint density at radius 1 is 1.26 bits per heavy atom. The minimum absolute atomic E-state index is 0.00158. The lowest BCUT2D eigenvalue weighted by Crippen LogP contribution is -2.63. The molecule has 2 amide bonds. The van der Waals surface area contributed by atoms with Crippen molar-refractivity contribution in [2.24, 2.45) is 17.6 Å². The van der Waals surface area contributed by atoms with E-state index in [1.54, 1.807) is 11.8 Å². The summed E-state index contributed by atoms with van der Waals surface area (Å²) < 4.78 is 5.02. The van der Waals surface area contributed by atoms with Crippen molar-refractivity contribution in [1.82, 2.24) is 20.0 Å². The second-order valence-electron chi connectivity index (χ2n) is 9.28. The number of carbonyl (C=O) groups excluding carboxylic acids is 2. The van der Waals surface area contributed by atoms with E-state index >= 15 is 0 Å². The molecule has 3 saturated heterocycles. The van der Waals surface area contributed by atoms with Gasteiger partial charge in [-0.2, -0.15) is 0 Å². The van der Waals surface area contributed by atoms with E-state index < -0.39 is 18.2 Å². The van der Waals surface area contributed by atoms with E-state index in [1.807, 2.05) is 11.8 Å². The zero-order valence-electron chi connectivity index (χ0n) is 19.3. The van der Waals surface area contributed by atoms with Crippen LogP contribution in [0.4, 0.5) is 4.79 Å². The van der Waals surface area contributed by atoms with Crippen LogP contribution in [0.1, 0.15) is 26.7 Å². The Hall–Kier alpha value is -2.51. The smallest absolute Gasteiger partial charge is 0.449 e. The fraction of sp³-hybridized carbons (Fsp3) is 0.714. The van der Waals surface area contributed by atoms with Crippen molar-refractivity contribution >= 4 is 35.7 Å². The van der Waals surface area contributed by atoms with Gasteiger partial charge >= 0.3 is 6.16 Å². The minimum atomic E-state index is -1.49. The second kappa shape index (κ2) is 9.62. The fourth-order valence-electron chi connectivity index (χ4n) is 5.36. The number of hydrogen-bond acceptors (Lipinski definition) is 8. The van der Waals surface area contributed by atoms with Gasteiger partial charge in [-0.15, -0.1) is 11.8 Å². The number of aliphatic hydroxyl groups is 1. The Morgan fingerprint density at radius 2 is 1.94 bits per heavy atom. The number of guanidine groups is 1. The van der Waals surface area contributed by atoms with Gasteiger partial charge in [0.05, 0.1) is 29.0 Å². The Balaban J connectivity index is 1.42. The highest BCUT2D eigenvalue weighted by Crippen LogP contribution is 2.52. The van der Waals surface area contributed by atoms with Gasteiger partial charge in [0.2, 0.25) is 17.7 Å². The first-order valence-electron chi connectivity index (χ1n) is 11.5. The summed E-state index contributed by atoms with van der Waals surface area (Å²) in [5, 5.41) is 30.1. The summed E-state index contributed by atoms with van der Waals surface area (Å²) in [7, 11) is 0. The minimum Gasteiger partial charge on any atom is -0.449 e. The third-order valence-corrected chi connectivity index (χ3v) is 8.57. The number of fused-ring (bicyclic) bond motifs is 1. The topological polar surface area (TPSA) is 173 Å². The molecule has 5 unspecified atom stereocenters. The molecule has 0 spiro atoms. The van der Waals surface area contributed by atoms with Gasteiger partial charge in [0.1, 0.15) is 0 Å². The van der Waals surface area contributed by atoms with Gasteiger partial charge in [-0.3, -0.25) is 19.9 Å². The van der Waals surface area contributed by atoms with Gasteiger partial charge < -0.3 is 35.8 Å². The summed E-state index contributed by atoms with van der Waals surface area (Å²) in [5.41, 5.74) is 5.59. The van der Waals surface area contributed by atoms with Gasteiger partial charge in [0.15, 0.2) is 5.96 Å². The zero-order chi connectivity index (χ0) is 24.7. The summed E-state index contributed by atoms with van der Waals surface area (Å²) in [4.78, 5) is 42.6. The molecular formula is C21H32N6O6S. The van der Waals surface area contributed by atoms with Gasteiger partial charge in [-0.1, -0.05) is 6.92 Å². The fourth-order valence-corrected chi connectivity index (χ4v) is 6.78. The third kappa shape index (κ3) is 4.43. The summed E-state index contributed by atoms with van der Waals surface area (Å²) in [6.07, 6.45) is -1.03. The Kier molecular flexibility index (Phi) is 6.97. The number of carboxylic acid groups (broad SMARTS) is 1. The number of amides is 2. The molecule has 0 aliphatic carbocycles. The molecule has 4 aliphatic heterocycles. The van der Waals surface area contributed by atoms with Crippen molar-refractivity contribution in [3.8, 4) is 0 Å². The molecule has 13 heteroatoms. The van der Waals surface area contributed by atoms with Crippen molar-refractivity contribution in [3.63, 3.8) is 0 Å². The van der Waals surface area contributed by atoms with Crippen LogP contribution in [0.5, 0.6) is 0 Å². The number of nitrogens with two attached hydrogens (primary N) is 1. The van der Waals surface area contributed by atoms with Gasteiger partial charge in [0, 0.05) is 43.9 Å². The molecule has 12 nitrogen and oxygen atoms in total. The largest absolute Gasteiger partial charge is 0.512 e. The van der Waals surface area contributed by atoms with Crippen LogP contribution in [-0.4, -0.2) is 105 Å². The number of ether oxygens (including phenoxy) is 1. The molecule has 4 aliphatic rings. The Morgan fingerprint density at radius 3 is 2.59 bits per heavy atom. The lowest BCUT2D eigenvalue weighted by Gasteiger charge is -2.45. The molecule has 34 heavy (non-hydrogen) atoms. The molecule has 6 atom stereocenters. The van der Waals surface area contributed by atoms with E-state index in [0.717, 1.165) is 6.42 Å². The summed E-state index contributed by atoms with van der Waals surface area (Å²) in [5.74, 6) is -1.05. The van der Waals surface area contributed by atoms with Crippen LogP contribution in [0.15, 0.2) is 10.8 Å². The number of rotatable bonds is 5. The van der Waals surface area contributed by atoms with Crippen molar-refractivity contribution in [2.75, 3.05) is 32.7 Å². The van der Waals surface area contributed by atoms with E-state index in [9.17, 15) is 24.6 Å². The van der Waals surface area contributed by atoms with E-state index in [-0.39, 0.29) is 46.9 Å². The van der Waals surface area contributed by atoms with Crippen LogP contribution in [0.3, 0.4) is 0 Å². The van der Waals surface area contributed by atoms with Crippen molar-refractivity contribution in [2.45, 2.75) is 50.1 Å². The number of β-lactam (4-membered cyclic amide) rings is 1. The highest BCUT2D eigenvalue weighted by molar-refractivity contribution is 8.03. The lowest BCUT2D eigenvalue weighted by atomic mass is 9.79. The second-order valence-corrected chi connectivity index (χ2v) is 10.6. The van der Waals surface area contributed by atoms with Crippen LogP contribution in [-0.2, 0) is 14.3 Å². The monoisotopic (exact) mass is 496 g/mol. The van der Waals surface area contributed by atoms with Crippen molar-refractivity contribution in [3.05, 3.63) is 10.8 Å². The maximum atomic E-state index is 13.1. The molecule has 0 bridgehead atoms.